The Labute approximate surface area is 61.5 Å². The van der Waals surface area contributed by atoms with Crippen LogP contribution in [0.5, 0.6) is 0 Å². The van der Waals surface area contributed by atoms with Crippen LogP contribution < -0.4 is 0 Å². The summed E-state index contributed by atoms with van der Waals surface area (Å²) in [6.07, 6.45) is 5.36. The Kier molecular flexibility index (Phi) is 2.49. The molecule has 10 heavy (non-hydrogen) atoms. The van der Waals surface area contributed by atoms with Crippen LogP contribution in [-0.2, 0) is 4.79 Å². The van der Waals surface area contributed by atoms with Gasteiger partial charge in [0.25, 0.3) is 0 Å². The van der Waals surface area contributed by atoms with Gasteiger partial charge in [-0.1, -0.05) is 6.08 Å². The molecule has 55 valence electrons. The average Bonchev–Trinajstić information content (AvgIpc) is 2.38. The lowest BCUT2D eigenvalue weighted by atomic mass is 10.4. The zero-order valence-electron chi connectivity index (χ0n) is 6.05. The van der Waals surface area contributed by atoms with Crippen molar-refractivity contribution in [2.24, 2.45) is 0 Å². The zero-order chi connectivity index (χ0) is 7.40. The predicted molar refractivity (Wildman–Crippen MR) is 40.3 cm³/mol. The summed E-state index contributed by atoms with van der Waals surface area (Å²) in [6, 6.07) is 0. The maximum atomic E-state index is 11.0. The zero-order valence-corrected chi connectivity index (χ0v) is 6.05. The Bertz CT molecular complexity index is 136. The average molecular weight is 140 g/mol. The number of hydrogen-bond acceptors (Lipinski definition) is 1. The molecule has 0 aromatic heterocycles. The second-order valence-electron chi connectivity index (χ2n) is 2.43. The second kappa shape index (κ2) is 3.40. The minimum absolute atomic E-state index is 0.104. The summed E-state index contributed by atoms with van der Waals surface area (Å²) < 4.78 is 0. The van der Waals surface area contributed by atoms with Crippen molar-refractivity contribution in [1.82, 2.24) is 4.90 Å². The number of amides is 1. The summed E-state index contributed by atoms with van der Waals surface area (Å²) >= 11 is 0. The van der Waals surface area contributed by atoms with Crippen molar-refractivity contribution in [3.05, 3.63) is 19.1 Å². The van der Waals surface area contributed by atoms with E-state index in [2.05, 4.69) is 6.58 Å². The molecule has 0 aromatic carbocycles. The van der Waals surface area contributed by atoms with Crippen molar-refractivity contribution in [3.8, 4) is 0 Å². The van der Waals surface area contributed by atoms with Crippen LogP contribution >= 0.6 is 0 Å². The Balaban J connectivity index is 2.32. The fourth-order valence-electron chi connectivity index (χ4n) is 1.14. The summed E-state index contributed by atoms with van der Waals surface area (Å²) in [6.45, 7) is 5.31. The molecule has 0 unspecified atom stereocenters. The van der Waals surface area contributed by atoms with E-state index in [1.807, 2.05) is 4.90 Å². The van der Waals surface area contributed by atoms with Gasteiger partial charge in [0.1, 0.15) is 0 Å². The molecule has 2 nitrogen and oxygen atoms in total. The largest absolute Gasteiger partial charge is 0.342 e. The van der Waals surface area contributed by atoms with Crippen molar-refractivity contribution in [3.63, 3.8) is 0 Å². The summed E-state index contributed by atoms with van der Waals surface area (Å²) in [5, 5.41) is 0. The van der Waals surface area contributed by atoms with Gasteiger partial charge in [-0.2, -0.15) is 0 Å². The van der Waals surface area contributed by atoms with Gasteiger partial charge in [0.05, 0.1) is 6.42 Å². The highest BCUT2D eigenvalue weighted by Gasteiger charge is 2.15. The third kappa shape index (κ3) is 1.59. The number of carbonyl (C=O) groups is 1. The van der Waals surface area contributed by atoms with E-state index in [0.717, 1.165) is 25.9 Å². The van der Waals surface area contributed by atoms with Crippen LogP contribution in [0.1, 0.15) is 12.8 Å². The lowest BCUT2D eigenvalue weighted by Crippen LogP contribution is -2.27. The summed E-state index contributed by atoms with van der Waals surface area (Å²) in [5.74, 6) is 0.104. The highest BCUT2D eigenvalue weighted by atomic mass is 16.3. The minimum Gasteiger partial charge on any atom is -0.342 e. The van der Waals surface area contributed by atoms with E-state index in [1.165, 1.54) is 6.42 Å². The van der Waals surface area contributed by atoms with E-state index in [1.54, 1.807) is 6.08 Å². The first-order valence-corrected chi connectivity index (χ1v) is 3.59. The standard InChI is InChI=1S/C8H12NO/c1-2-5-8(10)9-6-3-4-7-9/h2,5H,1,3-4,6-7H2/i8+2. The van der Waals surface area contributed by atoms with Crippen LogP contribution in [0.4, 0.5) is 0 Å². The Morgan fingerprint density at radius 1 is 1.40 bits per heavy atom. The maximum absolute atomic E-state index is 11.0. The van der Waals surface area contributed by atoms with Gasteiger partial charge in [0, 0.05) is 13.1 Å². The van der Waals surface area contributed by atoms with Crippen LogP contribution in [0.3, 0.4) is 0 Å². The first-order chi connectivity index (χ1) is 4.84. The van der Waals surface area contributed by atoms with Crippen LogP contribution in [-0.4, -0.2) is 23.9 Å². The Morgan fingerprint density at radius 2 is 2.00 bits per heavy atom. The van der Waals surface area contributed by atoms with E-state index in [0.29, 0.717) is 0 Å². The summed E-state index contributed by atoms with van der Waals surface area (Å²) in [5.41, 5.74) is 0. The van der Waals surface area contributed by atoms with Gasteiger partial charge in [-0.3, -0.25) is 4.79 Å². The molecule has 1 heterocycles. The van der Waals surface area contributed by atoms with Gasteiger partial charge in [-0.15, -0.1) is 6.58 Å². The number of hydrogen-bond donors (Lipinski definition) is 0. The molecule has 1 amide bonds. The molecule has 1 radical (unpaired) electrons. The third-order valence-corrected chi connectivity index (χ3v) is 1.68. The van der Waals surface area contributed by atoms with Crippen molar-refractivity contribution in [2.45, 2.75) is 12.8 Å². The molecule has 1 aliphatic rings. The fraction of sp³-hybridized carbons (Fsp3) is 0.500. The second-order valence-corrected chi connectivity index (χ2v) is 2.43. The van der Waals surface area contributed by atoms with E-state index in [4.69, 9.17) is 0 Å². The van der Waals surface area contributed by atoms with E-state index in [9.17, 15) is 4.79 Å². The summed E-state index contributed by atoms with van der Waals surface area (Å²) in [7, 11) is 0. The van der Waals surface area contributed by atoms with E-state index < -0.39 is 0 Å². The molecule has 0 atom stereocenters. The highest BCUT2D eigenvalue weighted by molar-refractivity contribution is 5.86. The maximum Gasteiger partial charge on any atom is 0.230 e. The smallest absolute Gasteiger partial charge is 0.230 e. The third-order valence-electron chi connectivity index (χ3n) is 1.68. The molecule has 1 aliphatic heterocycles. The van der Waals surface area contributed by atoms with Crippen molar-refractivity contribution in [2.75, 3.05) is 13.1 Å². The molecule has 0 spiro atoms. The molecule has 1 fully saturated rings. The predicted octanol–water partition coefficient (Wildman–Crippen LogP) is 0.999. The van der Waals surface area contributed by atoms with Gasteiger partial charge >= 0.3 is 0 Å². The van der Waals surface area contributed by atoms with E-state index in [-0.39, 0.29) is 5.91 Å². The Morgan fingerprint density at radius 3 is 2.50 bits per heavy atom. The van der Waals surface area contributed by atoms with Gasteiger partial charge in [-0.05, 0) is 12.8 Å². The molecular weight excluding hydrogens is 128 g/mol. The number of rotatable bonds is 2. The topological polar surface area (TPSA) is 20.3 Å². The van der Waals surface area contributed by atoms with Gasteiger partial charge in [0.15, 0.2) is 0 Å². The monoisotopic (exact) mass is 140 g/mol. The molecule has 1 rings (SSSR count). The minimum atomic E-state index is 0.104. The first kappa shape index (κ1) is 7.32. The van der Waals surface area contributed by atoms with Crippen LogP contribution in [0.25, 0.3) is 0 Å². The molecular formula is C8H12NO. The van der Waals surface area contributed by atoms with Crippen LogP contribution in [0.15, 0.2) is 12.7 Å². The van der Waals surface area contributed by atoms with Crippen LogP contribution in [0, 0.1) is 6.42 Å². The highest BCUT2D eigenvalue weighted by Crippen LogP contribution is 2.08. The van der Waals surface area contributed by atoms with Gasteiger partial charge < -0.3 is 4.90 Å². The summed E-state index contributed by atoms with van der Waals surface area (Å²) in [4.78, 5) is 12.9. The quantitative estimate of drug-likeness (QED) is 0.560. The number of likely N-dealkylation sites (tertiary alicyclic amines) is 1. The lowest BCUT2D eigenvalue weighted by molar-refractivity contribution is -0.126. The lowest BCUT2D eigenvalue weighted by Gasteiger charge is -2.12. The SMILES string of the molecule is C=C[CH][14C](=O)N1CCCC1. The normalized spacial score (nSPS) is 17.4. The first-order valence-electron chi connectivity index (χ1n) is 3.59. The van der Waals surface area contributed by atoms with E-state index >= 15 is 0 Å². The number of nitrogens with zero attached hydrogens (tertiary/aromatic N) is 1. The molecule has 2 heteroatoms. The van der Waals surface area contributed by atoms with Crippen molar-refractivity contribution >= 4 is 5.91 Å². The molecule has 0 saturated carbocycles. The van der Waals surface area contributed by atoms with Crippen LogP contribution in [0.2, 0.25) is 0 Å². The molecule has 1 saturated heterocycles. The van der Waals surface area contributed by atoms with Crippen molar-refractivity contribution < 1.29 is 4.79 Å². The van der Waals surface area contributed by atoms with Gasteiger partial charge in [-0.25, -0.2) is 0 Å². The molecule has 0 N–H and O–H groups in total. The Hall–Kier alpha value is -0.790. The molecule has 0 bridgehead atoms. The fourth-order valence-corrected chi connectivity index (χ4v) is 1.14. The van der Waals surface area contributed by atoms with Gasteiger partial charge in [0.2, 0.25) is 5.91 Å². The number of carbonyl (C=O) groups excluding carboxylic acids is 1. The molecule has 0 aliphatic carbocycles. The van der Waals surface area contributed by atoms with Crippen molar-refractivity contribution in [1.29, 1.82) is 0 Å². The molecule has 0 aromatic rings.